The molecule has 2 heterocycles. The molecule has 1 amide bonds. The SMILES string of the molecule is Cc1nc(CSc2ccccc2C(=O)NC2=NCCS2)no1. The van der Waals surface area contributed by atoms with Crippen LogP contribution in [0, 0.1) is 6.92 Å². The highest BCUT2D eigenvalue weighted by Crippen LogP contribution is 2.25. The predicted molar refractivity (Wildman–Crippen MR) is 87.3 cm³/mol. The number of carbonyl (C=O) groups excluding carboxylic acids is 1. The van der Waals surface area contributed by atoms with Crippen molar-refractivity contribution in [2.24, 2.45) is 4.99 Å². The van der Waals surface area contributed by atoms with Crippen LogP contribution in [-0.4, -0.2) is 33.5 Å². The van der Waals surface area contributed by atoms with Gasteiger partial charge < -0.3 is 9.84 Å². The second-order valence-corrected chi connectivity index (χ2v) is 6.60. The van der Waals surface area contributed by atoms with E-state index in [0.29, 0.717) is 28.2 Å². The summed E-state index contributed by atoms with van der Waals surface area (Å²) in [6.45, 7) is 2.51. The largest absolute Gasteiger partial charge is 0.340 e. The number of aliphatic imine (C=N–C) groups is 1. The van der Waals surface area contributed by atoms with E-state index in [1.807, 2.05) is 18.2 Å². The van der Waals surface area contributed by atoms with Gasteiger partial charge in [0, 0.05) is 17.6 Å². The van der Waals surface area contributed by atoms with E-state index in [2.05, 4.69) is 20.4 Å². The van der Waals surface area contributed by atoms with Gasteiger partial charge in [-0.3, -0.25) is 9.79 Å². The summed E-state index contributed by atoms with van der Waals surface area (Å²) in [6.07, 6.45) is 0. The van der Waals surface area contributed by atoms with E-state index in [0.717, 1.165) is 17.2 Å². The second-order valence-electron chi connectivity index (χ2n) is 4.50. The molecule has 0 unspecified atom stereocenters. The Hall–Kier alpha value is -1.80. The van der Waals surface area contributed by atoms with Crippen LogP contribution in [0.3, 0.4) is 0 Å². The summed E-state index contributed by atoms with van der Waals surface area (Å²) in [5, 5.41) is 7.40. The van der Waals surface area contributed by atoms with Gasteiger partial charge in [-0.15, -0.1) is 11.8 Å². The summed E-state index contributed by atoms with van der Waals surface area (Å²) in [6, 6.07) is 7.47. The highest BCUT2D eigenvalue weighted by molar-refractivity contribution is 8.14. The molecule has 0 saturated heterocycles. The van der Waals surface area contributed by atoms with Crippen molar-refractivity contribution in [1.29, 1.82) is 0 Å². The van der Waals surface area contributed by atoms with E-state index in [1.54, 1.807) is 24.8 Å². The summed E-state index contributed by atoms with van der Waals surface area (Å²) in [7, 11) is 0. The van der Waals surface area contributed by atoms with Gasteiger partial charge in [0.15, 0.2) is 11.0 Å². The van der Waals surface area contributed by atoms with E-state index < -0.39 is 0 Å². The number of thioether (sulfide) groups is 2. The summed E-state index contributed by atoms with van der Waals surface area (Å²) in [5.74, 6) is 2.49. The van der Waals surface area contributed by atoms with Crippen LogP contribution in [0.15, 0.2) is 38.7 Å². The lowest BCUT2D eigenvalue weighted by Crippen LogP contribution is -2.27. The molecule has 6 nitrogen and oxygen atoms in total. The number of benzene rings is 1. The zero-order valence-electron chi connectivity index (χ0n) is 11.9. The summed E-state index contributed by atoms with van der Waals surface area (Å²) >= 11 is 3.07. The monoisotopic (exact) mass is 334 g/mol. The fourth-order valence-electron chi connectivity index (χ4n) is 1.90. The smallest absolute Gasteiger partial charge is 0.258 e. The van der Waals surface area contributed by atoms with Crippen LogP contribution >= 0.6 is 23.5 Å². The maximum absolute atomic E-state index is 12.4. The minimum absolute atomic E-state index is 0.138. The molecule has 0 radical (unpaired) electrons. The van der Waals surface area contributed by atoms with Crippen LogP contribution in [0.25, 0.3) is 0 Å². The van der Waals surface area contributed by atoms with Gasteiger partial charge in [0.25, 0.3) is 5.91 Å². The van der Waals surface area contributed by atoms with Crippen molar-refractivity contribution >= 4 is 34.6 Å². The number of aromatic nitrogens is 2. The van der Waals surface area contributed by atoms with Crippen LogP contribution in [-0.2, 0) is 5.75 Å². The molecule has 8 heteroatoms. The Labute approximate surface area is 136 Å². The quantitative estimate of drug-likeness (QED) is 0.865. The summed E-state index contributed by atoms with van der Waals surface area (Å²) in [5.41, 5.74) is 0.628. The third-order valence-corrected chi connectivity index (χ3v) is 4.82. The average Bonchev–Trinajstić information content (AvgIpc) is 3.17. The molecule has 1 aromatic heterocycles. The normalized spacial score (nSPS) is 14.0. The van der Waals surface area contributed by atoms with Crippen molar-refractivity contribution < 1.29 is 9.32 Å². The maximum Gasteiger partial charge on any atom is 0.258 e. The van der Waals surface area contributed by atoms with Crippen LogP contribution in [0.2, 0.25) is 0 Å². The van der Waals surface area contributed by atoms with E-state index in [4.69, 9.17) is 4.52 Å². The Morgan fingerprint density at radius 3 is 3.05 bits per heavy atom. The molecule has 0 fully saturated rings. The number of amides is 1. The number of hydrogen-bond acceptors (Lipinski definition) is 7. The van der Waals surface area contributed by atoms with Crippen molar-refractivity contribution in [3.63, 3.8) is 0 Å². The molecule has 1 aliphatic rings. The van der Waals surface area contributed by atoms with E-state index in [1.165, 1.54) is 11.8 Å². The van der Waals surface area contributed by atoms with E-state index in [9.17, 15) is 4.79 Å². The second kappa shape index (κ2) is 6.97. The fourth-order valence-corrected chi connectivity index (χ4v) is 3.51. The third-order valence-electron chi connectivity index (χ3n) is 2.86. The van der Waals surface area contributed by atoms with E-state index in [-0.39, 0.29) is 5.91 Å². The number of aryl methyl sites for hydroxylation is 1. The molecule has 2 aromatic rings. The average molecular weight is 334 g/mol. The molecule has 1 aromatic carbocycles. The number of amidine groups is 1. The lowest BCUT2D eigenvalue weighted by Gasteiger charge is -2.08. The fraction of sp³-hybridized carbons (Fsp3) is 0.286. The third kappa shape index (κ3) is 3.69. The van der Waals surface area contributed by atoms with Gasteiger partial charge in [-0.2, -0.15) is 4.98 Å². The van der Waals surface area contributed by atoms with Crippen LogP contribution in [0.1, 0.15) is 22.1 Å². The van der Waals surface area contributed by atoms with Gasteiger partial charge in [0.05, 0.1) is 17.9 Å². The van der Waals surface area contributed by atoms with Crippen molar-refractivity contribution in [2.75, 3.05) is 12.3 Å². The molecule has 114 valence electrons. The number of nitrogens with zero attached hydrogens (tertiary/aromatic N) is 3. The molecule has 1 aliphatic heterocycles. The first kappa shape index (κ1) is 15.1. The van der Waals surface area contributed by atoms with Crippen molar-refractivity contribution in [2.45, 2.75) is 17.6 Å². The minimum Gasteiger partial charge on any atom is -0.340 e. The van der Waals surface area contributed by atoms with Crippen molar-refractivity contribution in [3.05, 3.63) is 41.5 Å². The Bertz CT molecular complexity index is 714. The Morgan fingerprint density at radius 2 is 2.32 bits per heavy atom. The summed E-state index contributed by atoms with van der Waals surface area (Å²) in [4.78, 5) is 21.6. The summed E-state index contributed by atoms with van der Waals surface area (Å²) < 4.78 is 4.95. The Morgan fingerprint density at radius 1 is 1.45 bits per heavy atom. The molecule has 0 saturated carbocycles. The zero-order valence-corrected chi connectivity index (χ0v) is 13.5. The first-order valence-electron chi connectivity index (χ1n) is 6.72. The topological polar surface area (TPSA) is 80.4 Å². The van der Waals surface area contributed by atoms with Crippen molar-refractivity contribution in [1.82, 2.24) is 15.5 Å². The van der Waals surface area contributed by atoms with Gasteiger partial charge >= 0.3 is 0 Å². The molecule has 22 heavy (non-hydrogen) atoms. The Kier molecular flexibility index (Phi) is 4.79. The van der Waals surface area contributed by atoms with Gasteiger partial charge in [-0.25, -0.2) is 0 Å². The molecule has 0 aliphatic carbocycles. The lowest BCUT2D eigenvalue weighted by atomic mass is 10.2. The lowest BCUT2D eigenvalue weighted by molar-refractivity contribution is 0.0975. The highest BCUT2D eigenvalue weighted by atomic mass is 32.2. The number of nitrogens with one attached hydrogen (secondary N) is 1. The van der Waals surface area contributed by atoms with Gasteiger partial charge in [0.2, 0.25) is 5.89 Å². The Balaban J connectivity index is 1.70. The van der Waals surface area contributed by atoms with Gasteiger partial charge in [-0.05, 0) is 12.1 Å². The molecule has 0 spiro atoms. The highest BCUT2D eigenvalue weighted by Gasteiger charge is 2.16. The molecule has 0 bridgehead atoms. The van der Waals surface area contributed by atoms with Crippen LogP contribution < -0.4 is 5.32 Å². The minimum atomic E-state index is -0.138. The van der Waals surface area contributed by atoms with Gasteiger partial charge in [-0.1, -0.05) is 29.1 Å². The van der Waals surface area contributed by atoms with E-state index >= 15 is 0 Å². The molecular weight excluding hydrogens is 320 g/mol. The first-order chi connectivity index (χ1) is 10.7. The molecule has 3 rings (SSSR count). The first-order valence-corrected chi connectivity index (χ1v) is 8.69. The standard InChI is InChI=1S/C14H14N4O2S2/c1-9-16-12(18-20-9)8-22-11-5-3-2-4-10(11)13(19)17-14-15-6-7-21-14/h2-5H,6-8H2,1H3,(H,15,17,19). The molecule has 0 atom stereocenters. The number of carbonyl (C=O) groups is 1. The molecule has 1 N–H and O–H groups in total. The number of rotatable bonds is 4. The van der Waals surface area contributed by atoms with Crippen molar-refractivity contribution in [3.8, 4) is 0 Å². The number of hydrogen-bond donors (Lipinski definition) is 1. The van der Waals surface area contributed by atoms with Crippen LogP contribution in [0.5, 0.6) is 0 Å². The van der Waals surface area contributed by atoms with Crippen LogP contribution in [0.4, 0.5) is 0 Å². The maximum atomic E-state index is 12.4. The molecular formula is C14H14N4O2S2. The predicted octanol–water partition coefficient (Wildman–Crippen LogP) is 2.50. The zero-order chi connectivity index (χ0) is 15.4. The van der Waals surface area contributed by atoms with Gasteiger partial charge in [0.1, 0.15) is 0 Å².